The Morgan fingerprint density at radius 2 is 1.50 bits per heavy atom. The lowest BCUT2D eigenvalue weighted by molar-refractivity contribution is 0.220. The van der Waals surface area contributed by atoms with Gasteiger partial charge in [-0.3, -0.25) is 0 Å². The molecule has 0 heterocycles. The molecule has 1 atom stereocenters. The van der Waals surface area contributed by atoms with E-state index in [2.05, 4.69) is 0 Å². The summed E-state index contributed by atoms with van der Waals surface area (Å²) in [6.07, 6.45) is -0.792. The van der Waals surface area contributed by atoms with Gasteiger partial charge in [0.2, 0.25) is 0 Å². The third kappa shape index (κ3) is 2.99. The summed E-state index contributed by atoms with van der Waals surface area (Å²) in [5.41, 5.74) is 2.33. The second-order valence-corrected chi connectivity index (χ2v) is 5.39. The number of halogens is 3. The maximum absolute atomic E-state index is 10.3. The molecule has 0 aliphatic heterocycles. The van der Waals surface area contributed by atoms with Gasteiger partial charge < -0.3 is 5.11 Å². The van der Waals surface area contributed by atoms with Crippen molar-refractivity contribution in [3.05, 3.63) is 68.2 Å². The van der Waals surface area contributed by atoms with E-state index in [1.165, 1.54) is 0 Å². The molecule has 0 radical (unpaired) electrons. The fourth-order valence-corrected chi connectivity index (χ4v) is 2.44. The SMILES string of the molecule is Cc1ccc(C(O)c2cc(Cl)cc(Cl)c2)cc1Cl. The van der Waals surface area contributed by atoms with Crippen LogP contribution in [0.15, 0.2) is 36.4 Å². The minimum Gasteiger partial charge on any atom is -0.384 e. The highest BCUT2D eigenvalue weighted by atomic mass is 35.5. The number of benzene rings is 2. The van der Waals surface area contributed by atoms with E-state index < -0.39 is 6.10 Å². The third-order valence-corrected chi connectivity index (χ3v) is 3.56. The second-order valence-electron chi connectivity index (χ2n) is 4.11. The summed E-state index contributed by atoms with van der Waals surface area (Å²) in [6, 6.07) is 10.4. The summed E-state index contributed by atoms with van der Waals surface area (Å²) in [5.74, 6) is 0. The molecule has 18 heavy (non-hydrogen) atoms. The van der Waals surface area contributed by atoms with Crippen molar-refractivity contribution < 1.29 is 5.11 Å². The molecule has 0 aliphatic rings. The van der Waals surface area contributed by atoms with E-state index in [-0.39, 0.29) is 0 Å². The molecular weight excluding hydrogens is 291 g/mol. The first-order valence-electron chi connectivity index (χ1n) is 5.37. The Labute approximate surface area is 121 Å². The van der Waals surface area contributed by atoms with Crippen LogP contribution >= 0.6 is 34.8 Å². The van der Waals surface area contributed by atoms with Crippen molar-refractivity contribution in [3.8, 4) is 0 Å². The molecule has 0 aromatic heterocycles. The molecule has 0 saturated heterocycles. The highest BCUT2D eigenvalue weighted by Crippen LogP contribution is 2.29. The highest BCUT2D eigenvalue weighted by molar-refractivity contribution is 6.34. The van der Waals surface area contributed by atoms with Gasteiger partial charge >= 0.3 is 0 Å². The molecule has 2 aromatic carbocycles. The van der Waals surface area contributed by atoms with E-state index in [4.69, 9.17) is 34.8 Å². The van der Waals surface area contributed by atoms with Gasteiger partial charge in [-0.25, -0.2) is 0 Å². The molecular formula is C14H11Cl3O. The lowest BCUT2D eigenvalue weighted by Gasteiger charge is -2.13. The normalized spacial score (nSPS) is 12.5. The summed E-state index contributed by atoms with van der Waals surface area (Å²) in [5, 5.41) is 11.9. The van der Waals surface area contributed by atoms with E-state index in [0.717, 1.165) is 5.56 Å². The molecule has 0 saturated carbocycles. The van der Waals surface area contributed by atoms with Gasteiger partial charge in [0.25, 0.3) is 0 Å². The minimum absolute atomic E-state index is 0.495. The van der Waals surface area contributed by atoms with Crippen LogP contribution in [-0.2, 0) is 0 Å². The first kappa shape index (κ1) is 13.7. The van der Waals surface area contributed by atoms with Crippen molar-refractivity contribution in [1.82, 2.24) is 0 Å². The number of rotatable bonds is 2. The van der Waals surface area contributed by atoms with Crippen molar-refractivity contribution in [2.45, 2.75) is 13.0 Å². The summed E-state index contributed by atoms with van der Waals surface area (Å²) >= 11 is 17.9. The average molecular weight is 302 g/mol. The topological polar surface area (TPSA) is 20.2 Å². The zero-order valence-electron chi connectivity index (χ0n) is 9.62. The molecule has 0 amide bonds. The maximum Gasteiger partial charge on any atom is 0.104 e. The number of hydrogen-bond acceptors (Lipinski definition) is 1. The van der Waals surface area contributed by atoms with Crippen molar-refractivity contribution in [1.29, 1.82) is 0 Å². The fraction of sp³-hybridized carbons (Fsp3) is 0.143. The van der Waals surface area contributed by atoms with Crippen LogP contribution < -0.4 is 0 Å². The van der Waals surface area contributed by atoms with E-state index in [1.54, 1.807) is 24.3 Å². The fourth-order valence-electron chi connectivity index (χ4n) is 1.70. The van der Waals surface area contributed by atoms with Gasteiger partial charge in [0, 0.05) is 15.1 Å². The van der Waals surface area contributed by atoms with E-state index in [9.17, 15) is 5.11 Å². The monoisotopic (exact) mass is 300 g/mol. The molecule has 1 unspecified atom stereocenters. The van der Waals surface area contributed by atoms with Crippen LogP contribution in [0.1, 0.15) is 22.8 Å². The summed E-state index contributed by atoms with van der Waals surface area (Å²) in [6.45, 7) is 1.91. The van der Waals surface area contributed by atoms with Gasteiger partial charge in [0.1, 0.15) is 6.10 Å². The molecule has 2 rings (SSSR count). The van der Waals surface area contributed by atoms with Crippen LogP contribution in [0, 0.1) is 6.92 Å². The van der Waals surface area contributed by atoms with Crippen LogP contribution in [0.5, 0.6) is 0 Å². The Hall–Kier alpha value is -0.730. The molecule has 2 aromatic rings. The largest absolute Gasteiger partial charge is 0.384 e. The van der Waals surface area contributed by atoms with Crippen LogP contribution in [0.2, 0.25) is 15.1 Å². The predicted molar refractivity (Wildman–Crippen MR) is 76.7 cm³/mol. The van der Waals surface area contributed by atoms with Crippen LogP contribution in [0.4, 0.5) is 0 Å². The van der Waals surface area contributed by atoms with Gasteiger partial charge in [0.15, 0.2) is 0 Å². The van der Waals surface area contributed by atoms with E-state index in [1.807, 2.05) is 19.1 Å². The van der Waals surface area contributed by atoms with Gasteiger partial charge in [-0.2, -0.15) is 0 Å². The minimum atomic E-state index is -0.792. The standard InChI is InChI=1S/C14H11Cl3O/c1-8-2-3-9(6-13(8)17)14(18)10-4-11(15)7-12(16)5-10/h2-7,14,18H,1H3. The zero-order valence-corrected chi connectivity index (χ0v) is 11.9. The molecule has 4 heteroatoms. The van der Waals surface area contributed by atoms with Crippen molar-refractivity contribution >= 4 is 34.8 Å². The number of aliphatic hydroxyl groups is 1. The molecule has 0 fully saturated rings. The Balaban J connectivity index is 2.40. The number of aryl methyl sites for hydroxylation is 1. The molecule has 94 valence electrons. The molecule has 1 N–H and O–H groups in total. The Kier molecular flexibility index (Phi) is 4.18. The van der Waals surface area contributed by atoms with E-state index in [0.29, 0.717) is 26.2 Å². The van der Waals surface area contributed by atoms with Gasteiger partial charge in [0.05, 0.1) is 0 Å². The molecule has 0 bridgehead atoms. The van der Waals surface area contributed by atoms with Gasteiger partial charge in [-0.15, -0.1) is 0 Å². The lowest BCUT2D eigenvalue weighted by Crippen LogP contribution is -2.00. The van der Waals surface area contributed by atoms with Crippen LogP contribution in [0.25, 0.3) is 0 Å². The molecule has 1 nitrogen and oxygen atoms in total. The average Bonchev–Trinajstić information content (AvgIpc) is 2.30. The third-order valence-electron chi connectivity index (χ3n) is 2.71. The summed E-state index contributed by atoms with van der Waals surface area (Å²) in [4.78, 5) is 0. The number of hydrogen-bond donors (Lipinski definition) is 1. The van der Waals surface area contributed by atoms with E-state index >= 15 is 0 Å². The highest BCUT2D eigenvalue weighted by Gasteiger charge is 2.13. The van der Waals surface area contributed by atoms with Crippen LogP contribution in [0.3, 0.4) is 0 Å². The Bertz CT molecular complexity index is 561. The van der Waals surface area contributed by atoms with Crippen molar-refractivity contribution in [2.24, 2.45) is 0 Å². The Morgan fingerprint density at radius 1 is 0.889 bits per heavy atom. The lowest BCUT2D eigenvalue weighted by atomic mass is 10.0. The van der Waals surface area contributed by atoms with Crippen LogP contribution in [-0.4, -0.2) is 5.11 Å². The summed E-state index contributed by atoms with van der Waals surface area (Å²) < 4.78 is 0. The Morgan fingerprint density at radius 3 is 2.06 bits per heavy atom. The number of aliphatic hydroxyl groups excluding tert-OH is 1. The predicted octanol–water partition coefficient (Wildman–Crippen LogP) is 5.04. The smallest absolute Gasteiger partial charge is 0.104 e. The van der Waals surface area contributed by atoms with Gasteiger partial charge in [-0.1, -0.05) is 46.9 Å². The molecule has 0 spiro atoms. The molecule has 0 aliphatic carbocycles. The zero-order chi connectivity index (χ0) is 13.3. The first-order valence-corrected chi connectivity index (χ1v) is 6.51. The second kappa shape index (κ2) is 5.50. The van der Waals surface area contributed by atoms with Crippen molar-refractivity contribution in [2.75, 3.05) is 0 Å². The quantitative estimate of drug-likeness (QED) is 0.824. The first-order chi connectivity index (χ1) is 8.47. The van der Waals surface area contributed by atoms with Gasteiger partial charge in [-0.05, 0) is 47.9 Å². The van der Waals surface area contributed by atoms with Crippen molar-refractivity contribution in [3.63, 3.8) is 0 Å². The summed E-state index contributed by atoms with van der Waals surface area (Å²) in [7, 11) is 0. The maximum atomic E-state index is 10.3.